The molecule has 1 aliphatic rings. The van der Waals surface area contributed by atoms with E-state index in [1.54, 1.807) is 0 Å². The minimum Gasteiger partial charge on any atom is -0.337 e. The number of imidazole rings is 1. The van der Waals surface area contributed by atoms with Gasteiger partial charge in [-0.1, -0.05) is 35.9 Å². The maximum absolute atomic E-state index is 13.3. The van der Waals surface area contributed by atoms with Crippen LogP contribution in [0, 0.1) is 13.8 Å². The summed E-state index contributed by atoms with van der Waals surface area (Å²) in [4.78, 5) is 20.1. The van der Waals surface area contributed by atoms with Crippen LogP contribution in [-0.2, 0) is 0 Å². The zero-order chi connectivity index (χ0) is 17.4. The molecule has 0 spiro atoms. The number of carbonyl (C=O) groups excluding carboxylic acids is 1. The van der Waals surface area contributed by atoms with Crippen molar-refractivity contribution in [2.45, 2.75) is 33.1 Å². The predicted molar refractivity (Wildman–Crippen MR) is 99.9 cm³/mol. The van der Waals surface area contributed by atoms with E-state index in [1.165, 1.54) is 12.0 Å². The first-order valence-electron chi connectivity index (χ1n) is 8.98. The molecule has 1 aromatic carbocycles. The Labute approximate surface area is 148 Å². The second-order valence-electron chi connectivity index (χ2n) is 6.96. The van der Waals surface area contributed by atoms with Gasteiger partial charge in [-0.25, -0.2) is 4.98 Å². The fourth-order valence-electron chi connectivity index (χ4n) is 3.51. The smallest absolute Gasteiger partial charge is 0.273 e. The number of piperidine rings is 1. The Morgan fingerprint density at radius 3 is 2.32 bits per heavy atom. The van der Waals surface area contributed by atoms with Gasteiger partial charge in [0, 0.05) is 24.8 Å². The van der Waals surface area contributed by atoms with Crippen molar-refractivity contribution >= 4 is 11.6 Å². The molecule has 0 saturated carbocycles. The topological polar surface area (TPSA) is 37.6 Å². The summed E-state index contributed by atoms with van der Waals surface area (Å²) in [5, 5.41) is 0. The Kier molecular flexibility index (Phi) is 4.04. The second-order valence-corrected chi connectivity index (χ2v) is 6.96. The number of hydrogen-bond acceptors (Lipinski definition) is 2. The van der Waals surface area contributed by atoms with E-state index in [0.717, 1.165) is 48.4 Å². The van der Waals surface area contributed by atoms with Crippen LogP contribution >= 0.6 is 0 Å². The first-order valence-corrected chi connectivity index (χ1v) is 8.98. The minimum atomic E-state index is 0.0911. The molecule has 3 heterocycles. The van der Waals surface area contributed by atoms with Crippen LogP contribution in [0.2, 0.25) is 0 Å². The van der Waals surface area contributed by atoms with Crippen LogP contribution in [0.3, 0.4) is 0 Å². The lowest BCUT2D eigenvalue weighted by Gasteiger charge is -2.26. The van der Waals surface area contributed by atoms with Crippen LogP contribution in [0.15, 0.2) is 42.6 Å². The molecule has 2 aromatic heterocycles. The summed E-state index contributed by atoms with van der Waals surface area (Å²) in [6.07, 6.45) is 5.39. The van der Waals surface area contributed by atoms with Crippen LogP contribution in [0.25, 0.3) is 16.9 Å². The summed E-state index contributed by atoms with van der Waals surface area (Å²) in [7, 11) is 0. The van der Waals surface area contributed by atoms with Crippen molar-refractivity contribution in [1.29, 1.82) is 0 Å². The van der Waals surface area contributed by atoms with Gasteiger partial charge in [0.25, 0.3) is 5.91 Å². The molecular formula is C21H23N3O. The molecule has 1 amide bonds. The first kappa shape index (κ1) is 15.9. The van der Waals surface area contributed by atoms with Gasteiger partial charge >= 0.3 is 0 Å². The van der Waals surface area contributed by atoms with Gasteiger partial charge in [-0.05, 0) is 44.7 Å². The highest BCUT2D eigenvalue weighted by Gasteiger charge is 2.26. The number of hydrogen-bond donors (Lipinski definition) is 0. The molecule has 0 atom stereocenters. The zero-order valence-electron chi connectivity index (χ0n) is 14.8. The molecule has 0 unspecified atom stereocenters. The maximum Gasteiger partial charge on any atom is 0.273 e. The Balaban J connectivity index is 1.89. The van der Waals surface area contributed by atoms with Crippen LogP contribution in [0.4, 0.5) is 0 Å². The Morgan fingerprint density at radius 2 is 1.60 bits per heavy atom. The summed E-state index contributed by atoms with van der Waals surface area (Å²) < 4.78 is 1.96. The van der Waals surface area contributed by atoms with Crippen LogP contribution < -0.4 is 0 Å². The van der Waals surface area contributed by atoms with Crippen molar-refractivity contribution in [2.24, 2.45) is 0 Å². The van der Waals surface area contributed by atoms with Gasteiger partial charge in [0.1, 0.15) is 17.0 Å². The molecule has 0 N–H and O–H groups in total. The van der Waals surface area contributed by atoms with Crippen molar-refractivity contribution in [2.75, 3.05) is 13.1 Å². The van der Waals surface area contributed by atoms with Crippen LogP contribution in [-0.4, -0.2) is 33.3 Å². The summed E-state index contributed by atoms with van der Waals surface area (Å²) in [6.45, 7) is 5.78. The number of amides is 1. The number of rotatable bonds is 2. The molecule has 4 nitrogen and oxygen atoms in total. The number of fused-ring (bicyclic) bond motifs is 1. The number of likely N-dealkylation sites (tertiary alicyclic amines) is 1. The van der Waals surface area contributed by atoms with Gasteiger partial charge in [0.05, 0.1) is 0 Å². The lowest BCUT2D eigenvalue weighted by molar-refractivity contribution is 0.0718. The number of nitrogens with zero attached hydrogens (tertiary/aromatic N) is 3. The summed E-state index contributed by atoms with van der Waals surface area (Å²) >= 11 is 0. The minimum absolute atomic E-state index is 0.0911. The lowest BCUT2D eigenvalue weighted by Crippen LogP contribution is -2.36. The van der Waals surface area contributed by atoms with Crippen LogP contribution in [0.5, 0.6) is 0 Å². The van der Waals surface area contributed by atoms with E-state index < -0.39 is 0 Å². The number of aromatic nitrogens is 2. The average Bonchev–Trinajstić information content (AvgIpc) is 3.01. The van der Waals surface area contributed by atoms with Gasteiger partial charge in [0.2, 0.25) is 0 Å². The fourth-order valence-corrected chi connectivity index (χ4v) is 3.51. The number of benzene rings is 1. The quantitative estimate of drug-likeness (QED) is 0.703. The molecule has 25 heavy (non-hydrogen) atoms. The van der Waals surface area contributed by atoms with E-state index in [-0.39, 0.29) is 5.91 Å². The number of aryl methyl sites for hydroxylation is 2. The van der Waals surface area contributed by atoms with E-state index in [4.69, 9.17) is 4.98 Å². The zero-order valence-corrected chi connectivity index (χ0v) is 14.8. The Hall–Kier alpha value is -2.62. The molecule has 4 rings (SSSR count). The molecule has 0 aliphatic carbocycles. The molecule has 0 radical (unpaired) electrons. The van der Waals surface area contributed by atoms with Gasteiger partial charge < -0.3 is 4.90 Å². The Bertz CT molecular complexity index is 918. The highest BCUT2D eigenvalue weighted by atomic mass is 16.2. The Morgan fingerprint density at radius 1 is 0.920 bits per heavy atom. The predicted octanol–water partition coefficient (Wildman–Crippen LogP) is 4.24. The summed E-state index contributed by atoms with van der Waals surface area (Å²) in [6, 6.07) is 12.3. The third-order valence-electron chi connectivity index (χ3n) is 4.94. The molecule has 1 saturated heterocycles. The van der Waals surface area contributed by atoms with Gasteiger partial charge in [-0.3, -0.25) is 9.20 Å². The fraction of sp³-hybridized carbons (Fsp3) is 0.333. The SMILES string of the molecule is Cc1ccc(-c2nc3ccc(C)cn3c2C(=O)N2CCCCC2)cc1. The number of carbonyl (C=O) groups is 1. The van der Waals surface area contributed by atoms with Crippen molar-refractivity contribution in [3.63, 3.8) is 0 Å². The van der Waals surface area contributed by atoms with E-state index >= 15 is 0 Å². The van der Waals surface area contributed by atoms with Crippen molar-refractivity contribution in [3.8, 4) is 11.3 Å². The van der Waals surface area contributed by atoms with Crippen molar-refractivity contribution in [3.05, 3.63) is 59.4 Å². The van der Waals surface area contributed by atoms with Crippen molar-refractivity contribution < 1.29 is 4.79 Å². The standard InChI is InChI=1S/C21H23N3O/c1-15-6-9-17(10-7-15)19-20(21(25)23-12-4-3-5-13-23)24-14-16(2)8-11-18(24)22-19/h6-11,14H,3-5,12-13H2,1-2H3. The molecule has 3 aromatic rings. The first-order chi connectivity index (χ1) is 12.1. The largest absolute Gasteiger partial charge is 0.337 e. The van der Waals surface area contributed by atoms with Crippen LogP contribution in [0.1, 0.15) is 40.9 Å². The van der Waals surface area contributed by atoms with E-state index in [9.17, 15) is 4.79 Å². The summed E-state index contributed by atoms with van der Waals surface area (Å²) in [5.41, 5.74) is 5.60. The highest BCUT2D eigenvalue weighted by molar-refractivity contribution is 5.99. The average molecular weight is 333 g/mol. The third-order valence-corrected chi connectivity index (χ3v) is 4.94. The highest BCUT2D eigenvalue weighted by Crippen LogP contribution is 2.27. The van der Waals surface area contributed by atoms with Gasteiger partial charge in [0.15, 0.2) is 0 Å². The monoisotopic (exact) mass is 333 g/mol. The number of pyridine rings is 1. The molecular weight excluding hydrogens is 310 g/mol. The molecule has 1 fully saturated rings. The van der Waals surface area contributed by atoms with Crippen molar-refractivity contribution in [1.82, 2.24) is 14.3 Å². The maximum atomic E-state index is 13.3. The molecule has 4 heteroatoms. The second kappa shape index (κ2) is 6.36. The van der Waals surface area contributed by atoms with E-state index in [2.05, 4.69) is 31.2 Å². The van der Waals surface area contributed by atoms with E-state index in [0.29, 0.717) is 5.69 Å². The van der Waals surface area contributed by atoms with Gasteiger partial charge in [-0.15, -0.1) is 0 Å². The lowest BCUT2D eigenvalue weighted by atomic mass is 10.1. The molecule has 1 aliphatic heterocycles. The van der Waals surface area contributed by atoms with E-state index in [1.807, 2.05) is 34.6 Å². The third kappa shape index (κ3) is 2.93. The summed E-state index contributed by atoms with van der Waals surface area (Å²) in [5.74, 6) is 0.0911. The van der Waals surface area contributed by atoms with Gasteiger partial charge in [-0.2, -0.15) is 0 Å². The molecule has 0 bridgehead atoms. The normalized spacial score (nSPS) is 14.9. The molecule has 128 valence electrons.